The van der Waals surface area contributed by atoms with Gasteiger partial charge in [-0.1, -0.05) is 30.3 Å². The van der Waals surface area contributed by atoms with Gasteiger partial charge < -0.3 is 5.32 Å². The number of carbonyl (C=O) groups is 1. The van der Waals surface area contributed by atoms with Crippen molar-refractivity contribution < 1.29 is 9.18 Å². The highest BCUT2D eigenvalue weighted by Crippen LogP contribution is 2.34. The van der Waals surface area contributed by atoms with Crippen molar-refractivity contribution in [3.63, 3.8) is 0 Å². The first-order valence-corrected chi connectivity index (χ1v) is 7.26. The van der Waals surface area contributed by atoms with Gasteiger partial charge in [0.05, 0.1) is 10.0 Å². The number of nitrogens with one attached hydrogen (secondary N) is 1. The molecule has 1 N–H and O–H groups in total. The molecule has 4 heteroatoms. The van der Waals surface area contributed by atoms with Gasteiger partial charge in [0.1, 0.15) is 5.82 Å². The quantitative estimate of drug-likeness (QED) is 0.912. The van der Waals surface area contributed by atoms with Crippen molar-refractivity contribution in [3.05, 3.63) is 69.4 Å². The van der Waals surface area contributed by atoms with E-state index in [1.165, 1.54) is 17.2 Å². The Hall–Kier alpha value is -1.68. The Morgan fingerprint density at radius 3 is 2.85 bits per heavy atom. The molecule has 20 heavy (non-hydrogen) atoms. The van der Waals surface area contributed by atoms with Crippen molar-refractivity contribution in [1.29, 1.82) is 0 Å². The lowest BCUT2D eigenvalue weighted by Gasteiger charge is -2.30. The third-order valence-corrected chi connectivity index (χ3v) is 4.28. The van der Waals surface area contributed by atoms with E-state index in [1.54, 1.807) is 12.1 Å². The molecule has 0 spiro atoms. The smallest absolute Gasteiger partial charge is 0.254 e. The van der Waals surface area contributed by atoms with Crippen LogP contribution in [0.5, 0.6) is 0 Å². The van der Waals surface area contributed by atoms with Gasteiger partial charge in [0.15, 0.2) is 0 Å². The Bertz CT molecular complexity index is 671. The number of rotatable bonds is 3. The van der Waals surface area contributed by atoms with E-state index in [9.17, 15) is 9.18 Å². The Kier molecular flexibility index (Phi) is 3.57. The molecular weight excluding hydrogens is 321 g/mol. The normalized spacial score (nSPS) is 16.2. The van der Waals surface area contributed by atoms with E-state index in [4.69, 9.17) is 0 Å². The number of fused-ring (bicyclic) bond motifs is 1. The van der Waals surface area contributed by atoms with Crippen LogP contribution in [0.25, 0.3) is 0 Å². The van der Waals surface area contributed by atoms with Crippen LogP contribution in [0, 0.1) is 5.82 Å². The fraction of sp³-hybridized carbons (Fsp3) is 0.188. The summed E-state index contributed by atoms with van der Waals surface area (Å²) < 4.78 is 14.1. The summed E-state index contributed by atoms with van der Waals surface area (Å²) in [5, 5.41) is 2.81. The lowest BCUT2D eigenvalue weighted by Crippen LogP contribution is -2.33. The third kappa shape index (κ3) is 2.36. The molecule has 0 radical (unpaired) electrons. The van der Waals surface area contributed by atoms with E-state index < -0.39 is 5.82 Å². The molecule has 3 rings (SSSR count). The van der Waals surface area contributed by atoms with Crippen molar-refractivity contribution in [2.45, 2.75) is 12.3 Å². The highest BCUT2D eigenvalue weighted by atomic mass is 79.9. The highest BCUT2D eigenvalue weighted by molar-refractivity contribution is 9.10. The summed E-state index contributed by atoms with van der Waals surface area (Å²) in [7, 11) is 0. The Balaban J connectivity index is 1.65. The van der Waals surface area contributed by atoms with Gasteiger partial charge in [-0.25, -0.2) is 4.39 Å². The molecule has 1 unspecified atom stereocenters. The molecule has 1 aliphatic carbocycles. The third-order valence-electron chi connectivity index (χ3n) is 3.67. The molecular formula is C16H13BrFNO. The van der Waals surface area contributed by atoms with Gasteiger partial charge in [0.25, 0.3) is 5.91 Å². The largest absolute Gasteiger partial charge is 0.351 e. The second-order valence-corrected chi connectivity index (χ2v) is 5.77. The number of hydrogen-bond donors (Lipinski definition) is 1. The van der Waals surface area contributed by atoms with Crippen LogP contribution >= 0.6 is 15.9 Å². The number of amides is 1. The van der Waals surface area contributed by atoms with Crippen molar-refractivity contribution in [3.8, 4) is 0 Å². The molecule has 0 saturated heterocycles. The van der Waals surface area contributed by atoms with Crippen LogP contribution in [0.2, 0.25) is 0 Å². The van der Waals surface area contributed by atoms with Crippen LogP contribution in [-0.4, -0.2) is 12.5 Å². The van der Waals surface area contributed by atoms with Gasteiger partial charge >= 0.3 is 0 Å². The topological polar surface area (TPSA) is 29.1 Å². The van der Waals surface area contributed by atoms with Crippen molar-refractivity contribution in [2.24, 2.45) is 0 Å². The Morgan fingerprint density at radius 2 is 2.05 bits per heavy atom. The predicted molar refractivity (Wildman–Crippen MR) is 79.3 cm³/mol. The number of halogens is 2. The maximum atomic E-state index is 13.8. The van der Waals surface area contributed by atoms with Crippen LogP contribution in [0.15, 0.2) is 46.9 Å². The van der Waals surface area contributed by atoms with Crippen molar-refractivity contribution in [1.82, 2.24) is 5.32 Å². The van der Waals surface area contributed by atoms with Gasteiger partial charge in [-0.3, -0.25) is 4.79 Å². The van der Waals surface area contributed by atoms with Crippen LogP contribution in [0.3, 0.4) is 0 Å². The number of carbonyl (C=O) groups excluding carboxylic acids is 1. The lowest BCUT2D eigenvalue weighted by molar-refractivity contribution is 0.0946. The zero-order valence-corrected chi connectivity index (χ0v) is 12.3. The first-order chi connectivity index (χ1) is 9.66. The molecule has 0 heterocycles. The van der Waals surface area contributed by atoms with E-state index in [2.05, 4.69) is 33.4 Å². The van der Waals surface area contributed by atoms with Crippen LogP contribution < -0.4 is 5.32 Å². The van der Waals surface area contributed by atoms with Gasteiger partial charge in [-0.2, -0.15) is 0 Å². The molecule has 1 atom stereocenters. The molecule has 2 aromatic rings. The average molecular weight is 334 g/mol. The first kappa shape index (κ1) is 13.3. The maximum Gasteiger partial charge on any atom is 0.254 e. The summed E-state index contributed by atoms with van der Waals surface area (Å²) in [6.07, 6.45) is 0.970. The standard InChI is InChI=1S/C16H13BrFNO/c17-14-7-3-6-13(15(14)18)16(20)19-9-11-8-10-4-1-2-5-12(10)11/h1-7,11H,8-9H2,(H,19,20). The molecule has 102 valence electrons. The zero-order valence-electron chi connectivity index (χ0n) is 10.7. The fourth-order valence-corrected chi connectivity index (χ4v) is 2.90. The molecule has 0 aliphatic heterocycles. The molecule has 1 aliphatic rings. The van der Waals surface area contributed by atoms with E-state index in [1.807, 2.05) is 12.1 Å². The van der Waals surface area contributed by atoms with Crippen LogP contribution in [0.4, 0.5) is 4.39 Å². The number of benzene rings is 2. The fourth-order valence-electron chi connectivity index (χ4n) is 2.54. The van der Waals surface area contributed by atoms with Gasteiger partial charge in [0.2, 0.25) is 0 Å². The Labute approximate surface area is 125 Å². The SMILES string of the molecule is O=C(NCC1Cc2ccccc21)c1cccc(Br)c1F. The number of hydrogen-bond acceptors (Lipinski definition) is 1. The van der Waals surface area contributed by atoms with E-state index in [-0.39, 0.29) is 11.5 Å². The maximum absolute atomic E-state index is 13.8. The molecule has 2 nitrogen and oxygen atoms in total. The summed E-state index contributed by atoms with van der Waals surface area (Å²) >= 11 is 3.09. The summed E-state index contributed by atoms with van der Waals surface area (Å²) in [5.41, 5.74) is 2.69. The van der Waals surface area contributed by atoms with E-state index >= 15 is 0 Å². The van der Waals surface area contributed by atoms with Gasteiger partial charge in [0, 0.05) is 12.5 Å². The monoisotopic (exact) mass is 333 g/mol. The molecule has 0 bridgehead atoms. The van der Waals surface area contributed by atoms with Crippen molar-refractivity contribution in [2.75, 3.05) is 6.54 Å². The molecule has 2 aromatic carbocycles. The van der Waals surface area contributed by atoms with Crippen molar-refractivity contribution >= 4 is 21.8 Å². The van der Waals surface area contributed by atoms with E-state index in [0.717, 1.165) is 6.42 Å². The second kappa shape index (κ2) is 5.37. The molecule has 1 amide bonds. The van der Waals surface area contributed by atoms with Gasteiger partial charge in [-0.05, 0) is 45.6 Å². The lowest BCUT2D eigenvalue weighted by atomic mass is 9.77. The minimum absolute atomic E-state index is 0.0759. The molecule has 0 aromatic heterocycles. The van der Waals surface area contributed by atoms with Crippen LogP contribution in [0.1, 0.15) is 27.4 Å². The summed E-state index contributed by atoms with van der Waals surface area (Å²) in [6.45, 7) is 0.543. The zero-order chi connectivity index (χ0) is 14.1. The minimum Gasteiger partial charge on any atom is -0.351 e. The second-order valence-electron chi connectivity index (χ2n) is 4.91. The predicted octanol–water partition coefficient (Wildman–Crippen LogP) is 3.66. The minimum atomic E-state index is -0.515. The summed E-state index contributed by atoms with van der Waals surface area (Å²) in [4.78, 5) is 12.0. The van der Waals surface area contributed by atoms with Gasteiger partial charge in [-0.15, -0.1) is 0 Å². The van der Waals surface area contributed by atoms with Crippen LogP contribution in [-0.2, 0) is 6.42 Å². The first-order valence-electron chi connectivity index (χ1n) is 6.47. The Morgan fingerprint density at radius 1 is 1.25 bits per heavy atom. The van der Waals surface area contributed by atoms with E-state index in [0.29, 0.717) is 16.9 Å². The summed E-state index contributed by atoms with van der Waals surface area (Å²) in [6, 6.07) is 12.9. The summed E-state index contributed by atoms with van der Waals surface area (Å²) in [5.74, 6) is -0.544. The molecule has 0 saturated carbocycles. The average Bonchev–Trinajstić information content (AvgIpc) is 2.42. The highest BCUT2D eigenvalue weighted by Gasteiger charge is 2.26. The molecule has 0 fully saturated rings.